The minimum Gasteiger partial charge on any atom is -0.399 e. The molecule has 0 amide bonds. The number of carbonyl (C=O) groups is 1. The molecule has 15 heavy (non-hydrogen) atoms. The molecule has 2 N–H and O–H groups in total. The van der Waals surface area contributed by atoms with Gasteiger partial charge in [0.2, 0.25) is 0 Å². The van der Waals surface area contributed by atoms with Crippen LogP contribution in [0.3, 0.4) is 0 Å². The third kappa shape index (κ3) is 2.44. The zero-order valence-electron chi connectivity index (χ0n) is 8.14. The first-order valence-corrected chi connectivity index (χ1v) is 5.60. The molecule has 2 aromatic rings. The summed E-state index contributed by atoms with van der Waals surface area (Å²) in [5, 5.41) is 3.97. The monoisotopic (exact) mass is 217 g/mol. The van der Waals surface area contributed by atoms with E-state index in [1.807, 2.05) is 16.8 Å². The van der Waals surface area contributed by atoms with Crippen molar-refractivity contribution in [3.8, 4) is 0 Å². The number of carbonyl (C=O) groups excluding carboxylic acids is 1. The standard InChI is InChI=1S/C12H11NOS/c13-11-3-1-10(2-4-11)12(14)7-9-5-6-15-8-9/h1-6,8H,7,13H2. The van der Waals surface area contributed by atoms with Gasteiger partial charge in [-0.3, -0.25) is 4.79 Å². The van der Waals surface area contributed by atoms with E-state index in [9.17, 15) is 4.79 Å². The average molecular weight is 217 g/mol. The molecule has 0 bridgehead atoms. The Hall–Kier alpha value is -1.61. The molecule has 0 aliphatic rings. The highest BCUT2D eigenvalue weighted by Gasteiger charge is 2.06. The van der Waals surface area contributed by atoms with E-state index in [2.05, 4.69) is 0 Å². The van der Waals surface area contributed by atoms with Crippen molar-refractivity contribution in [2.75, 3.05) is 5.73 Å². The first-order chi connectivity index (χ1) is 7.25. The van der Waals surface area contributed by atoms with Crippen LogP contribution >= 0.6 is 11.3 Å². The molecule has 1 aromatic carbocycles. The Morgan fingerprint density at radius 2 is 1.93 bits per heavy atom. The predicted octanol–water partition coefficient (Wildman–Crippen LogP) is 2.76. The minimum absolute atomic E-state index is 0.133. The van der Waals surface area contributed by atoms with Crippen LogP contribution in [0, 0.1) is 0 Å². The summed E-state index contributed by atoms with van der Waals surface area (Å²) in [5.41, 5.74) is 8.02. The Labute approximate surface area is 92.4 Å². The van der Waals surface area contributed by atoms with Crippen molar-refractivity contribution >= 4 is 22.8 Å². The van der Waals surface area contributed by atoms with Gasteiger partial charge in [-0.25, -0.2) is 0 Å². The van der Waals surface area contributed by atoms with Crippen LogP contribution in [0.15, 0.2) is 41.1 Å². The second-order valence-electron chi connectivity index (χ2n) is 3.35. The van der Waals surface area contributed by atoms with E-state index in [1.165, 1.54) is 0 Å². The van der Waals surface area contributed by atoms with Gasteiger partial charge in [0.15, 0.2) is 5.78 Å². The summed E-state index contributed by atoms with van der Waals surface area (Å²) in [6.07, 6.45) is 0.466. The Morgan fingerprint density at radius 1 is 1.20 bits per heavy atom. The first kappa shape index (κ1) is 9.93. The lowest BCUT2D eigenvalue weighted by Gasteiger charge is -1.99. The fourth-order valence-corrected chi connectivity index (χ4v) is 2.02. The molecule has 0 unspecified atom stereocenters. The lowest BCUT2D eigenvalue weighted by Crippen LogP contribution is -2.02. The van der Waals surface area contributed by atoms with Gasteiger partial charge >= 0.3 is 0 Å². The van der Waals surface area contributed by atoms with Crippen molar-refractivity contribution in [2.45, 2.75) is 6.42 Å². The number of anilines is 1. The van der Waals surface area contributed by atoms with Gasteiger partial charge in [-0.1, -0.05) is 0 Å². The molecule has 76 valence electrons. The van der Waals surface area contributed by atoms with Crippen molar-refractivity contribution in [3.05, 3.63) is 52.2 Å². The molecule has 0 atom stereocenters. The van der Waals surface area contributed by atoms with Crippen LogP contribution in [0.4, 0.5) is 5.69 Å². The molecule has 0 aliphatic carbocycles. The summed E-state index contributed by atoms with van der Waals surface area (Å²) >= 11 is 1.61. The number of hydrogen-bond acceptors (Lipinski definition) is 3. The number of thiophene rings is 1. The fourth-order valence-electron chi connectivity index (χ4n) is 1.35. The molecule has 0 spiro atoms. The van der Waals surface area contributed by atoms with E-state index in [0.29, 0.717) is 12.1 Å². The van der Waals surface area contributed by atoms with Gasteiger partial charge in [0.25, 0.3) is 0 Å². The van der Waals surface area contributed by atoms with Crippen molar-refractivity contribution in [1.29, 1.82) is 0 Å². The molecule has 1 heterocycles. The van der Waals surface area contributed by atoms with Gasteiger partial charge < -0.3 is 5.73 Å². The number of benzene rings is 1. The maximum absolute atomic E-state index is 11.8. The van der Waals surface area contributed by atoms with Crippen molar-refractivity contribution in [1.82, 2.24) is 0 Å². The summed E-state index contributed by atoms with van der Waals surface area (Å²) in [5.74, 6) is 0.133. The largest absolute Gasteiger partial charge is 0.399 e. The minimum atomic E-state index is 0.133. The quantitative estimate of drug-likeness (QED) is 0.634. The molecule has 3 heteroatoms. The second kappa shape index (κ2) is 4.28. The molecule has 2 nitrogen and oxygen atoms in total. The van der Waals surface area contributed by atoms with Crippen molar-refractivity contribution in [3.63, 3.8) is 0 Å². The summed E-state index contributed by atoms with van der Waals surface area (Å²) < 4.78 is 0. The summed E-state index contributed by atoms with van der Waals surface area (Å²) in [6.45, 7) is 0. The average Bonchev–Trinajstić information content (AvgIpc) is 2.71. The molecule has 2 rings (SSSR count). The van der Waals surface area contributed by atoms with Crippen LogP contribution < -0.4 is 5.73 Å². The number of ketones is 1. The molecule has 0 radical (unpaired) electrons. The third-order valence-corrected chi connectivity index (χ3v) is 2.91. The Balaban J connectivity index is 2.11. The maximum Gasteiger partial charge on any atom is 0.167 e. The zero-order valence-corrected chi connectivity index (χ0v) is 8.96. The Bertz CT molecular complexity index is 445. The number of hydrogen-bond donors (Lipinski definition) is 1. The van der Waals surface area contributed by atoms with Gasteiger partial charge in [0.05, 0.1) is 0 Å². The SMILES string of the molecule is Nc1ccc(C(=O)Cc2ccsc2)cc1. The van der Waals surface area contributed by atoms with Gasteiger partial charge in [-0.2, -0.15) is 11.3 Å². The number of rotatable bonds is 3. The van der Waals surface area contributed by atoms with Crippen LogP contribution in [0.5, 0.6) is 0 Å². The predicted molar refractivity (Wildman–Crippen MR) is 63.2 cm³/mol. The van der Waals surface area contributed by atoms with Gasteiger partial charge in [0.1, 0.15) is 0 Å². The molecular formula is C12H11NOS. The van der Waals surface area contributed by atoms with Gasteiger partial charge in [-0.05, 0) is 46.7 Å². The zero-order chi connectivity index (χ0) is 10.7. The van der Waals surface area contributed by atoms with Crippen LogP contribution in [-0.4, -0.2) is 5.78 Å². The Kier molecular flexibility index (Phi) is 2.83. The highest BCUT2D eigenvalue weighted by Crippen LogP contribution is 2.12. The molecule has 0 saturated heterocycles. The van der Waals surface area contributed by atoms with Crippen LogP contribution in [-0.2, 0) is 6.42 Å². The summed E-state index contributed by atoms with van der Waals surface area (Å²) in [7, 11) is 0. The smallest absolute Gasteiger partial charge is 0.167 e. The molecular weight excluding hydrogens is 206 g/mol. The molecule has 0 saturated carbocycles. The van der Waals surface area contributed by atoms with E-state index < -0.39 is 0 Å². The molecule has 1 aromatic heterocycles. The second-order valence-corrected chi connectivity index (χ2v) is 4.13. The van der Waals surface area contributed by atoms with Gasteiger partial charge in [0, 0.05) is 17.7 Å². The fraction of sp³-hybridized carbons (Fsp3) is 0.0833. The van der Waals surface area contributed by atoms with Crippen LogP contribution in [0.1, 0.15) is 15.9 Å². The lowest BCUT2D eigenvalue weighted by atomic mass is 10.1. The Morgan fingerprint density at radius 3 is 2.53 bits per heavy atom. The topological polar surface area (TPSA) is 43.1 Å². The normalized spacial score (nSPS) is 10.1. The summed E-state index contributed by atoms with van der Waals surface area (Å²) in [6, 6.07) is 9.01. The van der Waals surface area contributed by atoms with E-state index >= 15 is 0 Å². The molecule has 0 aliphatic heterocycles. The number of nitrogens with two attached hydrogens (primary N) is 1. The van der Waals surface area contributed by atoms with E-state index in [4.69, 9.17) is 5.73 Å². The number of Topliss-reactive ketones (excluding diaryl/α,β-unsaturated/α-hetero) is 1. The van der Waals surface area contributed by atoms with E-state index in [-0.39, 0.29) is 5.78 Å². The lowest BCUT2D eigenvalue weighted by molar-refractivity contribution is 0.0993. The first-order valence-electron chi connectivity index (χ1n) is 4.65. The van der Waals surface area contributed by atoms with Gasteiger partial charge in [-0.15, -0.1) is 0 Å². The molecule has 0 fully saturated rings. The highest BCUT2D eigenvalue weighted by atomic mass is 32.1. The van der Waals surface area contributed by atoms with Crippen LogP contribution in [0.2, 0.25) is 0 Å². The van der Waals surface area contributed by atoms with Crippen LogP contribution in [0.25, 0.3) is 0 Å². The maximum atomic E-state index is 11.8. The van der Waals surface area contributed by atoms with Crippen molar-refractivity contribution in [2.24, 2.45) is 0 Å². The van der Waals surface area contributed by atoms with E-state index in [1.54, 1.807) is 35.6 Å². The third-order valence-electron chi connectivity index (χ3n) is 2.18. The summed E-state index contributed by atoms with van der Waals surface area (Å²) in [4.78, 5) is 11.8. The van der Waals surface area contributed by atoms with Crippen molar-refractivity contribution < 1.29 is 4.79 Å². The number of nitrogen functional groups attached to an aromatic ring is 1. The van der Waals surface area contributed by atoms with E-state index in [0.717, 1.165) is 11.1 Å². The highest BCUT2D eigenvalue weighted by molar-refractivity contribution is 7.08.